The van der Waals surface area contributed by atoms with Crippen LogP contribution in [0, 0.1) is 0 Å². The summed E-state index contributed by atoms with van der Waals surface area (Å²) in [6.45, 7) is 3.43. The number of nitrogens with zero attached hydrogens (tertiary/aromatic N) is 2. The standard InChI is InChI=1S/C25H29N3O4/c1-2-32-21-13-11-20(12-14-21)26-23(29)10-4-3-7-15-27-24(30)22-16-18-8-5-6-9-19(18)17-28(22)25(27)31/h5-6,8-9,11-14,22H,2-4,7,10,15-17H2,1H3,(H,26,29)/t22-/m0/s1. The minimum absolute atomic E-state index is 0.0441. The zero-order valence-electron chi connectivity index (χ0n) is 18.4. The Morgan fingerprint density at radius 3 is 2.53 bits per heavy atom. The Kier molecular flexibility index (Phi) is 6.73. The molecule has 1 saturated heterocycles. The summed E-state index contributed by atoms with van der Waals surface area (Å²) < 4.78 is 5.39. The molecule has 2 aromatic carbocycles. The molecule has 32 heavy (non-hydrogen) atoms. The van der Waals surface area contributed by atoms with E-state index in [0.717, 1.165) is 29.0 Å². The lowest BCUT2D eigenvalue weighted by atomic mass is 9.95. The normalized spacial score (nSPS) is 17.2. The van der Waals surface area contributed by atoms with E-state index in [0.29, 0.717) is 45.4 Å². The van der Waals surface area contributed by atoms with Gasteiger partial charge in [-0.2, -0.15) is 0 Å². The highest BCUT2D eigenvalue weighted by atomic mass is 16.5. The number of unbranched alkanes of at least 4 members (excludes halogenated alkanes) is 2. The Morgan fingerprint density at radius 1 is 1.03 bits per heavy atom. The van der Waals surface area contributed by atoms with Gasteiger partial charge in [-0.3, -0.25) is 14.5 Å². The Balaban J connectivity index is 1.19. The summed E-state index contributed by atoms with van der Waals surface area (Å²) >= 11 is 0. The molecule has 0 bridgehead atoms. The summed E-state index contributed by atoms with van der Waals surface area (Å²) in [5.41, 5.74) is 3.00. The van der Waals surface area contributed by atoms with Gasteiger partial charge in [0.2, 0.25) is 5.91 Å². The first kappa shape index (κ1) is 21.9. The van der Waals surface area contributed by atoms with Crippen molar-refractivity contribution < 1.29 is 19.1 Å². The van der Waals surface area contributed by atoms with Crippen molar-refractivity contribution in [2.24, 2.45) is 0 Å². The van der Waals surface area contributed by atoms with Crippen LogP contribution >= 0.6 is 0 Å². The van der Waals surface area contributed by atoms with Crippen molar-refractivity contribution in [2.45, 2.75) is 51.6 Å². The van der Waals surface area contributed by atoms with E-state index in [-0.39, 0.29) is 23.9 Å². The van der Waals surface area contributed by atoms with Crippen LogP contribution in [0.1, 0.15) is 43.7 Å². The van der Waals surface area contributed by atoms with Crippen LogP contribution < -0.4 is 10.1 Å². The molecule has 0 radical (unpaired) electrons. The molecule has 1 atom stereocenters. The Morgan fingerprint density at radius 2 is 1.78 bits per heavy atom. The third-order valence-electron chi connectivity index (χ3n) is 6.01. The number of ether oxygens (including phenoxy) is 1. The Hall–Kier alpha value is -3.35. The fraction of sp³-hybridized carbons (Fsp3) is 0.400. The number of carbonyl (C=O) groups excluding carboxylic acids is 3. The fourth-order valence-electron chi connectivity index (χ4n) is 4.34. The van der Waals surface area contributed by atoms with Crippen molar-refractivity contribution in [3.8, 4) is 5.75 Å². The zero-order chi connectivity index (χ0) is 22.5. The second-order valence-corrected chi connectivity index (χ2v) is 8.21. The number of hydrogen-bond acceptors (Lipinski definition) is 4. The van der Waals surface area contributed by atoms with Gasteiger partial charge in [-0.05, 0) is 55.2 Å². The van der Waals surface area contributed by atoms with Gasteiger partial charge in [-0.25, -0.2) is 4.79 Å². The van der Waals surface area contributed by atoms with Crippen LogP contribution in [-0.2, 0) is 22.6 Å². The molecule has 2 aliphatic rings. The van der Waals surface area contributed by atoms with E-state index in [4.69, 9.17) is 4.74 Å². The monoisotopic (exact) mass is 435 g/mol. The molecule has 4 amide bonds. The molecular weight excluding hydrogens is 406 g/mol. The molecule has 7 nitrogen and oxygen atoms in total. The van der Waals surface area contributed by atoms with Crippen LogP contribution in [0.15, 0.2) is 48.5 Å². The van der Waals surface area contributed by atoms with Gasteiger partial charge in [0, 0.05) is 31.6 Å². The van der Waals surface area contributed by atoms with Crippen LogP contribution in [-0.4, -0.2) is 46.8 Å². The lowest BCUT2D eigenvalue weighted by molar-refractivity contribution is -0.128. The molecule has 0 aromatic heterocycles. The van der Waals surface area contributed by atoms with Crippen molar-refractivity contribution in [3.63, 3.8) is 0 Å². The number of benzene rings is 2. The van der Waals surface area contributed by atoms with Crippen LogP contribution in [0.3, 0.4) is 0 Å². The molecule has 0 spiro atoms. The maximum Gasteiger partial charge on any atom is 0.327 e. The Bertz CT molecular complexity index is 946. The number of imide groups is 1. The second kappa shape index (κ2) is 9.85. The van der Waals surface area contributed by atoms with E-state index >= 15 is 0 Å². The summed E-state index contributed by atoms with van der Waals surface area (Å²) in [6.07, 6.45) is 3.17. The average molecular weight is 436 g/mol. The highest BCUT2D eigenvalue weighted by Crippen LogP contribution is 2.30. The molecular formula is C25H29N3O4. The van der Waals surface area contributed by atoms with Gasteiger partial charge < -0.3 is 15.0 Å². The summed E-state index contributed by atoms with van der Waals surface area (Å²) in [5.74, 6) is 0.631. The number of amides is 4. The SMILES string of the molecule is CCOc1ccc(NC(=O)CCCCCN2C(=O)[C@@H]3Cc4ccccc4CN3C2=O)cc1. The first-order chi connectivity index (χ1) is 15.6. The summed E-state index contributed by atoms with van der Waals surface area (Å²) in [7, 11) is 0. The fourth-order valence-corrected chi connectivity index (χ4v) is 4.34. The van der Waals surface area contributed by atoms with Gasteiger partial charge in [0.1, 0.15) is 11.8 Å². The summed E-state index contributed by atoms with van der Waals surface area (Å²) in [6, 6.07) is 14.7. The molecule has 2 heterocycles. The van der Waals surface area contributed by atoms with Crippen molar-refractivity contribution in [3.05, 3.63) is 59.7 Å². The molecule has 1 N–H and O–H groups in total. The van der Waals surface area contributed by atoms with E-state index in [2.05, 4.69) is 5.32 Å². The highest BCUT2D eigenvalue weighted by Gasteiger charge is 2.46. The van der Waals surface area contributed by atoms with Crippen molar-refractivity contribution in [1.29, 1.82) is 0 Å². The third-order valence-corrected chi connectivity index (χ3v) is 6.01. The topological polar surface area (TPSA) is 79.0 Å². The molecule has 0 unspecified atom stereocenters. The lowest BCUT2D eigenvalue weighted by Crippen LogP contribution is -2.39. The number of fused-ring (bicyclic) bond motifs is 2. The van der Waals surface area contributed by atoms with Gasteiger partial charge in [-0.1, -0.05) is 30.7 Å². The molecule has 0 saturated carbocycles. The molecule has 2 aliphatic heterocycles. The Labute approximate surface area is 188 Å². The molecule has 168 valence electrons. The van der Waals surface area contributed by atoms with E-state index in [9.17, 15) is 14.4 Å². The number of anilines is 1. The van der Waals surface area contributed by atoms with Gasteiger partial charge in [0.25, 0.3) is 5.91 Å². The van der Waals surface area contributed by atoms with E-state index in [1.54, 1.807) is 4.90 Å². The lowest BCUT2D eigenvalue weighted by Gasteiger charge is -2.28. The predicted molar refractivity (Wildman–Crippen MR) is 121 cm³/mol. The predicted octanol–water partition coefficient (Wildman–Crippen LogP) is 3.97. The first-order valence-electron chi connectivity index (χ1n) is 11.3. The maximum atomic E-state index is 12.8. The van der Waals surface area contributed by atoms with E-state index in [1.165, 1.54) is 4.90 Å². The average Bonchev–Trinajstić information content (AvgIpc) is 3.03. The van der Waals surface area contributed by atoms with Crippen molar-refractivity contribution in [2.75, 3.05) is 18.5 Å². The molecule has 7 heteroatoms. The highest BCUT2D eigenvalue weighted by molar-refractivity contribution is 6.04. The minimum Gasteiger partial charge on any atom is -0.494 e. The summed E-state index contributed by atoms with van der Waals surface area (Å²) in [5, 5.41) is 2.88. The quantitative estimate of drug-likeness (QED) is 0.477. The minimum atomic E-state index is -0.378. The third kappa shape index (κ3) is 4.77. The maximum absolute atomic E-state index is 12.8. The number of carbonyl (C=O) groups is 3. The number of hydrogen-bond donors (Lipinski definition) is 1. The zero-order valence-corrected chi connectivity index (χ0v) is 18.4. The molecule has 0 aliphatic carbocycles. The van der Waals surface area contributed by atoms with Crippen LogP contribution in [0.4, 0.5) is 10.5 Å². The molecule has 4 rings (SSSR count). The van der Waals surface area contributed by atoms with Crippen molar-refractivity contribution in [1.82, 2.24) is 9.80 Å². The number of urea groups is 1. The van der Waals surface area contributed by atoms with Crippen molar-refractivity contribution >= 4 is 23.5 Å². The number of rotatable bonds is 9. The molecule has 2 aromatic rings. The van der Waals surface area contributed by atoms with E-state index < -0.39 is 0 Å². The largest absolute Gasteiger partial charge is 0.494 e. The first-order valence-corrected chi connectivity index (χ1v) is 11.3. The van der Waals surface area contributed by atoms with Crippen LogP contribution in [0.25, 0.3) is 0 Å². The van der Waals surface area contributed by atoms with Gasteiger partial charge in [0.05, 0.1) is 6.61 Å². The van der Waals surface area contributed by atoms with Gasteiger partial charge in [-0.15, -0.1) is 0 Å². The van der Waals surface area contributed by atoms with Crippen LogP contribution in [0.2, 0.25) is 0 Å². The van der Waals surface area contributed by atoms with Crippen LogP contribution in [0.5, 0.6) is 5.75 Å². The molecule has 1 fully saturated rings. The van der Waals surface area contributed by atoms with Gasteiger partial charge in [0.15, 0.2) is 0 Å². The second-order valence-electron chi connectivity index (χ2n) is 8.21. The number of nitrogens with one attached hydrogen (secondary N) is 1. The van der Waals surface area contributed by atoms with E-state index in [1.807, 2.05) is 55.5 Å². The smallest absolute Gasteiger partial charge is 0.327 e. The summed E-state index contributed by atoms with van der Waals surface area (Å²) in [4.78, 5) is 40.8. The van der Waals surface area contributed by atoms with Gasteiger partial charge >= 0.3 is 6.03 Å².